The maximum absolute atomic E-state index is 13.4. The maximum Gasteiger partial charge on any atom is 0.240 e. The number of methoxy groups -OCH3 is 1. The van der Waals surface area contributed by atoms with Crippen molar-refractivity contribution in [1.29, 1.82) is 0 Å². The molecular formula is C33H34N4O5S. The molecule has 2 amide bonds. The summed E-state index contributed by atoms with van der Waals surface area (Å²) in [6.45, 7) is 1.57. The van der Waals surface area contributed by atoms with E-state index in [0.717, 1.165) is 39.3 Å². The van der Waals surface area contributed by atoms with Crippen molar-refractivity contribution in [3.05, 3.63) is 77.9 Å². The first-order chi connectivity index (χ1) is 21.0. The van der Waals surface area contributed by atoms with Crippen LogP contribution in [0.3, 0.4) is 0 Å². The minimum Gasteiger partial charge on any atom is -0.493 e. The number of para-hydroxylation sites is 1. The van der Waals surface area contributed by atoms with Gasteiger partial charge in [-0.25, -0.2) is 4.98 Å². The van der Waals surface area contributed by atoms with Gasteiger partial charge in [-0.2, -0.15) is 0 Å². The van der Waals surface area contributed by atoms with Crippen molar-refractivity contribution in [3.8, 4) is 17.2 Å². The molecule has 4 bridgehead atoms. The lowest BCUT2D eigenvalue weighted by Crippen LogP contribution is -2.49. The van der Waals surface area contributed by atoms with Crippen molar-refractivity contribution >= 4 is 38.5 Å². The zero-order chi connectivity index (χ0) is 29.3. The van der Waals surface area contributed by atoms with E-state index in [-0.39, 0.29) is 36.5 Å². The van der Waals surface area contributed by atoms with Crippen molar-refractivity contribution in [2.45, 2.75) is 50.5 Å². The summed E-state index contributed by atoms with van der Waals surface area (Å²) >= 11 is 1.64. The minimum atomic E-state index is -0.264. The quantitative estimate of drug-likeness (QED) is 0.358. The van der Waals surface area contributed by atoms with Crippen molar-refractivity contribution in [3.63, 3.8) is 0 Å². The van der Waals surface area contributed by atoms with Gasteiger partial charge in [0.15, 0.2) is 16.6 Å². The monoisotopic (exact) mass is 598 g/mol. The highest BCUT2D eigenvalue weighted by Crippen LogP contribution is 2.35. The summed E-state index contributed by atoms with van der Waals surface area (Å²) in [5, 5.41) is 4.12. The molecule has 3 aromatic carbocycles. The molecule has 8 rings (SSSR count). The highest BCUT2D eigenvalue weighted by Gasteiger charge is 2.38. The Morgan fingerprint density at radius 1 is 0.977 bits per heavy atom. The lowest BCUT2D eigenvalue weighted by molar-refractivity contribution is -0.137. The van der Waals surface area contributed by atoms with Gasteiger partial charge in [-0.1, -0.05) is 41.7 Å². The summed E-state index contributed by atoms with van der Waals surface area (Å²) < 4.78 is 19.4. The van der Waals surface area contributed by atoms with Crippen molar-refractivity contribution in [2.75, 3.05) is 31.6 Å². The summed E-state index contributed by atoms with van der Waals surface area (Å²) in [4.78, 5) is 35.6. The Hall–Kier alpha value is -4.15. The van der Waals surface area contributed by atoms with Crippen LogP contribution in [0.5, 0.6) is 17.2 Å². The molecule has 1 N–H and O–H groups in total. The normalized spacial score (nSPS) is 21.5. The van der Waals surface area contributed by atoms with Crippen molar-refractivity contribution in [2.24, 2.45) is 0 Å². The number of amides is 2. The van der Waals surface area contributed by atoms with Gasteiger partial charge < -0.3 is 29.3 Å². The molecule has 1 saturated carbocycles. The number of hydrogen-bond acceptors (Lipinski definition) is 8. The van der Waals surface area contributed by atoms with Gasteiger partial charge in [0.05, 0.1) is 42.6 Å². The van der Waals surface area contributed by atoms with Crippen LogP contribution in [0.1, 0.15) is 30.4 Å². The Morgan fingerprint density at radius 2 is 1.86 bits per heavy atom. The molecule has 1 saturated heterocycles. The first-order valence-electron chi connectivity index (χ1n) is 14.8. The molecule has 0 radical (unpaired) electrons. The average molecular weight is 599 g/mol. The predicted molar refractivity (Wildman–Crippen MR) is 165 cm³/mol. The first-order valence-corrected chi connectivity index (χ1v) is 15.6. The second kappa shape index (κ2) is 11.9. The molecule has 9 nitrogen and oxygen atoms in total. The van der Waals surface area contributed by atoms with Crippen LogP contribution in [0.4, 0.5) is 5.13 Å². The molecule has 43 heavy (non-hydrogen) atoms. The SMILES string of the molecule is COc1cc2ccc1Oc1cccc(c1)CO[C@H]1CN(c3nc4ccccc4s3)C[C@@H]1NC(=O)CN(C1CC1)C(=O)CC2. The molecule has 2 atom stereocenters. The van der Waals surface area contributed by atoms with Gasteiger partial charge in [-0.15, -0.1) is 0 Å². The summed E-state index contributed by atoms with van der Waals surface area (Å²) in [5.41, 5.74) is 2.89. The van der Waals surface area contributed by atoms with Crippen LogP contribution in [0.25, 0.3) is 10.2 Å². The Labute approximate surface area is 254 Å². The van der Waals surface area contributed by atoms with Crippen molar-refractivity contribution in [1.82, 2.24) is 15.2 Å². The smallest absolute Gasteiger partial charge is 0.240 e. The summed E-state index contributed by atoms with van der Waals surface area (Å²) in [6.07, 6.45) is 2.46. The summed E-state index contributed by atoms with van der Waals surface area (Å²) in [5.74, 6) is 1.70. The van der Waals surface area contributed by atoms with Gasteiger partial charge in [-0.05, 0) is 66.8 Å². The number of carbonyl (C=O) groups is 2. The third-order valence-corrected chi connectivity index (χ3v) is 9.33. The molecule has 1 aromatic heterocycles. The molecule has 1 aliphatic carbocycles. The number of carbonyl (C=O) groups excluding carboxylic acids is 2. The summed E-state index contributed by atoms with van der Waals surface area (Å²) in [6, 6.07) is 21.5. The lowest BCUT2D eigenvalue weighted by atomic mass is 10.1. The Balaban J connectivity index is 1.17. The van der Waals surface area contributed by atoms with Crippen LogP contribution in [0.2, 0.25) is 0 Å². The fourth-order valence-corrected chi connectivity index (χ4v) is 6.81. The Kier molecular flexibility index (Phi) is 7.63. The number of thiazole rings is 1. The fraction of sp³-hybridized carbons (Fsp3) is 0.364. The standard InChI is InChI=1S/C33H34N4O5S/c1-40-28-16-21-9-13-27(28)42-24-6-4-5-22(15-24)20-41-29-18-36(33-35-25-7-2-3-8-30(25)43-33)17-26(29)34-31(38)19-37(23-11-12-23)32(39)14-10-21/h2-9,13,15-16,23,26,29H,10-12,14,17-20H2,1H3,(H,34,38)/t26-,29-/m0/s1. The molecule has 0 unspecified atom stereocenters. The van der Waals surface area contributed by atoms with E-state index in [1.54, 1.807) is 23.3 Å². The second-order valence-corrected chi connectivity index (χ2v) is 12.4. The molecule has 3 aliphatic heterocycles. The van der Waals surface area contributed by atoms with E-state index < -0.39 is 0 Å². The van der Waals surface area contributed by atoms with E-state index in [1.807, 2.05) is 60.7 Å². The number of aryl methyl sites for hydroxylation is 1. The molecule has 4 heterocycles. The van der Waals surface area contributed by atoms with Gasteiger partial charge in [0.25, 0.3) is 0 Å². The van der Waals surface area contributed by atoms with Gasteiger partial charge in [0, 0.05) is 25.6 Å². The lowest BCUT2D eigenvalue weighted by Gasteiger charge is -2.25. The van der Waals surface area contributed by atoms with Gasteiger partial charge in [-0.3, -0.25) is 9.59 Å². The molecule has 0 spiro atoms. The predicted octanol–water partition coefficient (Wildman–Crippen LogP) is 4.92. The van der Waals surface area contributed by atoms with Crippen LogP contribution < -0.4 is 19.7 Å². The Bertz CT molecular complexity index is 1620. The van der Waals surface area contributed by atoms with Crippen LogP contribution >= 0.6 is 11.3 Å². The molecule has 2 fully saturated rings. The maximum atomic E-state index is 13.4. The summed E-state index contributed by atoms with van der Waals surface area (Å²) in [7, 11) is 1.61. The largest absolute Gasteiger partial charge is 0.493 e. The number of fused-ring (bicyclic) bond motifs is 10. The van der Waals surface area contributed by atoms with E-state index in [1.165, 1.54) is 0 Å². The molecule has 4 aromatic rings. The van der Waals surface area contributed by atoms with Crippen LogP contribution in [0, 0.1) is 0 Å². The first kappa shape index (κ1) is 27.7. The van der Waals surface area contributed by atoms with Crippen LogP contribution in [-0.2, 0) is 27.4 Å². The third kappa shape index (κ3) is 6.16. The zero-order valence-electron chi connectivity index (χ0n) is 24.0. The Morgan fingerprint density at radius 3 is 2.70 bits per heavy atom. The van der Waals surface area contributed by atoms with Gasteiger partial charge in [0.2, 0.25) is 11.8 Å². The van der Waals surface area contributed by atoms with Gasteiger partial charge >= 0.3 is 0 Å². The van der Waals surface area contributed by atoms with E-state index in [9.17, 15) is 9.59 Å². The van der Waals surface area contributed by atoms with Gasteiger partial charge in [0.1, 0.15) is 5.75 Å². The third-order valence-electron chi connectivity index (χ3n) is 8.23. The van der Waals surface area contributed by atoms with E-state index >= 15 is 0 Å². The van der Waals surface area contributed by atoms with Crippen LogP contribution in [0.15, 0.2) is 66.7 Å². The molecule has 222 valence electrons. The topological polar surface area (TPSA) is 93.2 Å². The molecule has 10 heteroatoms. The highest BCUT2D eigenvalue weighted by molar-refractivity contribution is 7.22. The number of rotatable bonds is 3. The zero-order valence-corrected chi connectivity index (χ0v) is 24.8. The second-order valence-electron chi connectivity index (χ2n) is 11.4. The number of benzene rings is 3. The van der Waals surface area contributed by atoms with Crippen molar-refractivity contribution < 1.29 is 23.8 Å². The number of aromatic nitrogens is 1. The number of ether oxygens (including phenoxy) is 3. The van der Waals surface area contributed by atoms with Crippen LogP contribution in [-0.4, -0.2) is 66.6 Å². The average Bonchev–Trinajstić information content (AvgIpc) is 3.64. The number of anilines is 1. The number of nitrogens with one attached hydrogen (secondary N) is 1. The van der Waals surface area contributed by atoms with E-state index in [2.05, 4.69) is 16.3 Å². The fourth-order valence-electron chi connectivity index (χ4n) is 5.82. The van der Waals surface area contributed by atoms with E-state index in [0.29, 0.717) is 49.8 Å². The highest BCUT2D eigenvalue weighted by atomic mass is 32.1. The molecular weight excluding hydrogens is 564 g/mol. The van der Waals surface area contributed by atoms with E-state index in [4.69, 9.17) is 19.2 Å². The minimum absolute atomic E-state index is 0.0128. The molecule has 4 aliphatic rings. The number of hydrogen-bond donors (Lipinski definition) is 1. The number of nitrogens with zero attached hydrogens (tertiary/aromatic N) is 3.